The second kappa shape index (κ2) is 7.69. The number of carboxylic acid groups (broad SMARTS) is 1. The molecule has 1 amide bonds. The van der Waals surface area contributed by atoms with Crippen LogP contribution in [0.25, 0.3) is 0 Å². The van der Waals surface area contributed by atoms with Crippen molar-refractivity contribution in [3.8, 4) is 0 Å². The number of halogens is 1. The quantitative estimate of drug-likeness (QED) is 0.456. The van der Waals surface area contributed by atoms with Crippen LogP contribution in [0.3, 0.4) is 0 Å². The first-order valence-corrected chi connectivity index (χ1v) is 6.88. The lowest BCUT2D eigenvalue weighted by Gasteiger charge is -2.01. The van der Waals surface area contributed by atoms with Crippen LogP contribution in [0.4, 0.5) is 9.93 Å². The van der Waals surface area contributed by atoms with Crippen LogP contribution in [-0.4, -0.2) is 46.9 Å². The second-order valence-electron chi connectivity index (χ2n) is 2.92. The molecule has 0 bridgehead atoms. The summed E-state index contributed by atoms with van der Waals surface area (Å²) in [4.78, 5) is 30.5. The summed E-state index contributed by atoms with van der Waals surface area (Å²) in [6.45, 7) is 0.218. The summed E-state index contributed by atoms with van der Waals surface area (Å²) in [5.74, 6) is -1.28. The molecule has 1 aromatic rings. The predicted octanol–water partition coefficient (Wildman–Crippen LogP) is 1.52. The van der Waals surface area contributed by atoms with Crippen molar-refractivity contribution in [1.82, 2.24) is 4.98 Å². The number of amides is 1. The third-order valence-corrected chi connectivity index (χ3v) is 2.73. The Bertz CT molecular complexity index is 490. The van der Waals surface area contributed by atoms with Gasteiger partial charge in [-0.3, -0.25) is 5.32 Å². The van der Waals surface area contributed by atoms with Gasteiger partial charge in [0.1, 0.15) is 19.4 Å². The number of ether oxygens (including phenoxy) is 1. The van der Waals surface area contributed by atoms with E-state index in [1.54, 1.807) is 0 Å². The van der Waals surface area contributed by atoms with E-state index >= 15 is 0 Å². The van der Waals surface area contributed by atoms with E-state index in [1.807, 2.05) is 0 Å². The number of oxime groups is 1. The first-order chi connectivity index (χ1) is 9.08. The first kappa shape index (κ1) is 15.4. The number of aliphatic carboxylic acids is 1. The maximum atomic E-state index is 11.3. The number of nitrogens with zero attached hydrogens (tertiary/aromatic N) is 2. The third-order valence-electron chi connectivity index (χ3n) is 1.65. The number of aromatic nitrogens is 1. The van der Waals surface area contributed by atoms with Gasteiger partial charge < -0.3 is 14.7 Å². The van der Waals surface area contributed by atoms with E-state index in [9.17, 15) is 9.59 Å². The highest BCUT2D eigenvalue weighted by molar-refractivity contribution is 9.09. The molecule has 0 aliphatic rings. The van der Waals surface area contributed by atoms with Crippen molar-refractivity contribution < 1.29 is 24.3 Å². The summed E-state index contributed by atoms with van der Waals surface area (Å²) in [5, 5.41) is 16.8. The van der Waals surface area contributed by atoms with Crippen LogP contribution in [0, 0.1) is 0 Å². The number of thiazole rings is 1. The zero-order valence-corrected chi connectivity index (χ0v) is 12.2. The zero-order chi connectivity index (χ0) is 14.3. The summed E-state index contributed by atoms with van der Waals surface area (Å²) in [5.41, 5.74) is -0.254. The van der Waals surface area contributed by atoms with Crippen LogP contribution in [-0.2, 0) is 14.4 Å². The molecule has 0 atom stereocenters. The molecular weight excluding hydrogens is 342 g/mol. The zero-order valence-electron chi connectivity index (χ0n) is 9.75. The monoisotopic (exact) mass is 351 g/mol. The van der Waals surface area contributed by atoms with Gasteiger partial charge in [0.15, 0.2) is 5.13 Å². The molecule has 0 radical (unpaired) electrons. The fourth-order valence-corrected chi connectivity index (χ4v) is 1.82. The smallest absolute Gasteiger partial charge is 0.413 e. The second-order valence-corrected chi connectivity index (χ2v) is 4.57. The van der Waals surface area contributed by atoms with E-state index < -0.39 is 12.1 Å². The molecule has 0 spiro atoms. The van der Waals surface area contributed by atoms with Crippen LogP contribution >= 0.6 is 27.3 Å². The Balaban J connectivity index is 2.73. The summed E-state index contributed by atoms with van der Waals surface area (Å²) < 4.78 is 4.76. The van der Waals surface area contributed by atoms with Gasteiger partial charge in [-0.05, 0) is 0 Å². The lowest BCUT2D eigenvalue weighted by Crippen LogP contribution is -2.17. The number of carbonyl (C=O) groups is 2. The average molecular weight is 352 g/mol. The van der Waals surface area contributed by atoms with Crippen molar-refractivity contribution >= 4 is 50.2 Å². The first-order valence-electron chi connectivity index (χ1n) is 4.88. The van der Waals surface area contributed by atoms with E-state index in [1.165, 1.54) is 12.5 Å². The molecule has 1 heterocycles. The molecule has 0 unspecified atom stereocenters. The average Bonchev–Trinajstić information content (AvgIpc) is 2.81. The van der Waals surface area contributed by atoms with Gasteiger partial charge in [0.2, 0.25) is 5.71 Å². The molecule has 0 aliphatic carbocycles. The minimum Gasteiger partial charge on any atom is -0.476 e. The lowest BCUT2D eigenvalue weighted by atomic mass is 10.3. The van der Waals surface area contributed by atoms with E-state index in [0.29, 0.717) is 5.33 Å². The molecule has 1 aromatic heterocycles. The largest absolute Gasteiger partial charge is 0.476 e. The highest BCUT2D eigenvalue weighted by Crippen LogP contribution is 2.16. The minimum absolute atomic E-state index is 0.0927. The molecule has 19 heavy (non-hydrogen) atoms. The number of nitrogens with one attached hydrogen (secondary N) is 1. The van der Waals surface area contributed by atoms with Gasteiger partial charge in [0, 0.05) is 10.7 Å². The highest BCUT2D eigenvalue weighted by atomic mass is 79.9. The normalized spacial score (nSPS) is 10.9. The van der Waals surface area contributed by atoms with E-state index in [0.717, 1.165) is 11.3 Å². The van der Waals surface area contributed by atoms with Crippen LogP contribution in [0.2, 0.25) is 0 Å². The van der Waals surface area contributed by atoms with Crippen LogP contribution in [0.5, 0.6) is 0 Å². The lowest BCUT2D eigenvalue weighted by molar-refractivity contribution is -0.129. The number of carboxylic acids is 1. The Morgan fingerprint density at radius 2 is 2.37 bits per heavy atom. The molecule has 2 N–H and O–H groups in total. The van der Waals surface area contributed by atoms with Gasteiger partial charge in [-0.1, -0.05) is 21.1 Å². The number of carbonyl (C=O) groups excluding carboxylic acids is 1. The molecule has 8 nitrogen and oxygen atoms in total. The fourth-order valence-electron chi connectivity index (χ4n) is 0.981. The van der Waals surface area contributed by atoms with Gasteiger partial charge in [-0.2, -0.15) is 0 Å². The molecule has 1 rings (SSSR count). The molecule has 0 saturated carbocycles. The van der Waals surface area contributed by atoms with Gasteiger partial charge in [-0.25, -0.2) is 14.6 Å². The number of hydrogen-bond acceptors (Lipinski definition) is 7. The van der Waals surface area contributed by atoms with Crippen molar-refractivity contribution in [2.45, 2.75) is 0 Å². The molecule has 0 aromatic carbocycles. The summed E-state index contributed by atoms with van der Waals surface area (Å²) in [6, 6.07) is 0. The van der Waals surface area contributed by atoms with Crippen LogP contribution < -0.4 is 5.32 Å². The molecule has 0 aliphatic heterocycles. The molecule has 10 heteroatoms. The Labute approximate surface area is 120 Å². The number of hydrogen-bond donors (Lipinski definition) is 2. The maximum Gasteiger partial charge on any atom is 0.413 e. The van der Waals surface area contributed by atoms with Crippen molar-refractivity contribution in [1.29, 1.82) is 0 Å². The topological polar surface area (TPSA) is 110 Å². The minimum atomic E-state index is -1.28. The SMILES string of the molecule is CO/N=C(\C(=O)O)c1csc(NC(=O)OCCBr)n1. The number of rotatable bonds is 6. The molecule has 0 saturated heterocycles. The Morgan fingerprint density at radius 1 is 1.63 bits per heavy atom. The van der Waals surface area contributed by atoms with Gasteiger partial charge in [0.05, 0.1) is 0 Å². The Hall–Kier alpha value is -1.68. The molecule has 0 fully saturated rings. The highest BCUT2D eigenvalue weighted by Gasteiger charge is 2.18. The van der Waals surface area contributed by atoms with E-state index in [-0.39, 0.29) is 23.1 Å². The number of anilines is 1. The van der Waals surface area contributed by atoms with Crippen molar-refractivity contribution in [2.75, 3.05) is 24.4 Å². The maximum absolute atomic E-state index is 11.3. The number of alkyl halides is 1. The van der Waals surface area contributed by atoms with Crippen molar-refractivity contribution in [2.24, 2.45) is 5.16 Å². The van der Waals surface area contributed by atoms with E-state index in [2.05, 4.69) is 36.2 Å². The summed E-state index contributed by atoms with van der Waals surface area (Å²) in [6.07, 6.45) is -0.666. The Morgan fingerprint density at radius 3 is 2.95 bits per heavy atom. The van der Waals surface area contributed by atoms with E-state index in [4.69, 9.17) is 9.84 Å². The third kappa shape index (κ3) is 4.83. The van der Waals surface area contributed by atoms with Crippen molar-refractivity contribution in [3.63, 3.8) is 0 Å². The standard InChI is InChI=1S/C9H10BrN3O5S/c1-17-13-6(7(14)15)5-4-19-8(11-5)12-9(16)18-3-2-10/h4H,2-3H2,1H3,(H,14,15)(H,11,12,16)/b13-6-. The van der Waals surface area contributed by atoms with Crippen LogP contribution in [0.15, 0.2) is 10.5 Å². The fraction of sp³-hybridized carbons (Fsp3) is 0.333. The molecule has 104 valence electrons. The predicted molar refractivity (Wildman–Crippen MR) is 72.1 cm³/mol. The Kier molecular flexibility index (Phi) is 6.22. The van der Waals surface area contributed by atoms with Gasteiger partial charge >= 0.3 is 12.1 Å². The van der Waals surface area contributed by atoms with Crippen LogP contribution in [0.1, 0.15) is 5.69 Å². The summed E-state index contributed by atoms with van der Waals surface area (Å²) >= 11 is 4.16. The van der Waals surface area contributed by atoms with Crippen molar-refractivity contribution in [3.05, 3.63) is 11.1 Å². The van der Waals surface area contributed by atoms with Gasteiger partial charge in [-0.15, -0.1) is 11.3 Å². The van der Waals surface area contributed by atoms with Gasteiger partial charge in [0.25, 0.3) is 0 Å². The molecular formula is C9H10BrN3O5S. The summed E-state index contributed by atoms with van der Waals surface area (Å²) in [7, 11) is 1.23.